The van der Waals surface area contributed by atoms with Crippen molar-refractivity contribution in [3.8, 4) is 0 Å². The van der Waals surface area contributed by atoms with Gasteiger partial charge in [-0.1, -0.05) is 12.1 Å². The topological polar surface area (TPSA) is 32.3 Å². The number of nitrogens with one attached hydrogen (secondary N) is 1. The fourth-order valence-electron chi connectivity index (χ4n) is 2.64. The molecule has 0 spiro atoms. The van der Waals surface area contributed by atoms with Gasteiger partial charge < -0.3 is 10.2 Å². The molecule has 3 heteroatoms. The molecule has 0 saturated carbocycles. The molecule has 1 fully saturated rings. The van der Waals surface area contributed by atoms with Gasteiger partial charge in [0.05, 0.1) is 0 Å². The third-order valence-electron chi connectivity index (χ3n) is 3.97. The molecule has 0 bridgehead atoms. The smallest absolute Gasteiger partial charge is 0.159 e. The van der Waals surface area contributed by atoms with E-state index in [1.54, 1.807) is 6.92 Å². The van der Waals surface area contributed by atoms with Gasteiger partial charge in [0.15, 0.2) is 5.78 Å². The average molecular weight is 260 g/mol. The molecular formula is C16H24N2O. The summed E-state index contributed by atoms with van der Waals surface area (Å²) in [5.41, 5.74) is 1.93. The van der Waals surface area contributed by atoms with Gasteiger partial charge in [-0.25, -0.2) is 0 Å². The van der Waals surface area contributed by atoms with Crippen molar-refractivity contribution in [1.82, 2.24) is 5.32 Å². The van der Waals surface area contributed by atoms with Gasteiger partial charge in [0.25, 0.3) is 0 Å². The fourth-order valence-corrected chi connectivity index (χ4v) is 2.64. The van der Waals surface area contributed by atoms with Crippen molar-refractivity contribution in [3.05, 3.63) is 29.8 Å². The number of carbonyl (C=O) groups is 1. The lowest BCUT2D eigenvalue weighted by Gasteiger charge is -2.26. The first kappa shape index (κ1) is 14.1. The van der Waals surface area contributed by atoms with E-state index in [-0.39, 0.29) is 5.78 Å². The zero-order valence-corrected chi connectivity index (χ0v) is 12.0. The van der Waals surface area contributed by atoms with E-state index in [0.717, 1.165) is 30.3 Å². The molecule has 0 radical (unpaired) electrons. The molecule has 104 valence electrons. The largest absolute Gasteiger partial charge is 0.375 e. The zero-order chi connectivity index (χ0) is 13.7. The first-order valence-corrected chi connectivity index (χ1v) is 7.19. The molecule has 1 unspecified atom stereocenters. The summed E-state index contributed by atoms with van der Waals surface area (Å²) < 4.78 is 0. The molecule has 1 aliphatic heterocycles. The average Bonchev–Trinajstić information content (AvgIpc) is 2.46. The number of Topliss-reactive ketones (excluding diaryl/α,β-unsaturated/α-hetero) is 1. The van der Waals surface area contributed by atoms with E-state index in [9.17, 15) is 4.79 Å². The van der Waals surface area contributed by atoms with Gasteiger partial charge in [-0.05, 0) is 57.3 Å². The Bertz CT molecular complexity index is 425. The van der Waals surface area contributed by atoms with Crippen LogP contribution in [0.15, 0.2) is 24.3 Å². The van der Waals surface area contributed by atoms with Crippen LogP contribution in [0.2, 0.25) is 0 Å². The van der Waals surface area contributed by atoms with Gasteiger partial charge in [-0.2, -0.15) is 0 Å². The minimum Gasteiger partial charge on any atom is -0.375 e. The molecule has 1 saturated heterocycles. The van der Waals surface area contributed by atoms with Crippen molar-refractivity contribution in [2.75, 3.05) is 31.6 Å². The molecule has 1 N–H and O–H groups in total. The molecule has 0 amide bonds. The maximum atomic E-state index is 11.4. The lowest BCUT2D eigenvalue weighted by atomic mass is 9.96. The van der Waals surface area contributed by atoms with Gasteiger partial charge in [0, 0.05) is 24.8 Å². The van der Waals surface area contributed by atoms with Gasteiger partial charge in [0.1, 0.15) is 0 Å². The van der Waals surface area contributed by atoms with E-state index < -0.39 is 0 Å². The summed E-state index contributed by atoms with van der Waals surface area (Å²) in [5, 5.41) is 3.46. The van der Waals surface area contributed by atoms with Crippen LogP contribution < -0.4 is 10.2 Å². The van der Waals surface area contributed by atoms with Crippen molar-refractivity contribution in [1.29, 1.82) is 0 Å². The first-order valence-electron chi connectivity index (χ1n) is 7.19. The molecule has 1 aromatic rings. The number of piperidine rings is 1. The molecule has 19 heavy (non-hydrogen) atoms. The number of nitrogens with zero attached hydrogens (tertiary/aromatic N) is 1. The fraction of sp³-hybridized carbons (Fsp3) is 0.562. The van der Waals surface area contributed by atoms with Gasteiger partial charge in [0.2, 0.25) is 0 Å². The van der Waals surface area contributed by atoms with E-state index in [4.69, 9.17) is 0 Å². The molecule has 0 aromatic heterocycles. The van der Waals surface area contributed by atoms with Crippen molar-refractivity contribution in [2.24, 2.45) is 5.92 Å². The molecule has 1 aliphatic rings. The standard InChI is InChI=1S/C16H24N2O/c1-13(19)15-6-3-7-16(11-15)18(2)10-8-14-5-4-9-17-12-14/h3,6-7,11,14,17H,4-5,8-10,12H2,1-2H3. The highest BCUT2D eigenvalue weighted by Gasteiger charge is 2.13. The first-order chi connectivity index (χ1) is 9.16. The molecule has 1 atom stereocenters. The van der Waals surface area contributed by atoms with Gasteiger partial charge in [-0.15, -0.1) is 0 Å². The summed E-state index contributed by atoms with van der Waals surface area (Å²) in [6.45, 7) is 4.99. The zero-order valence-electron chi connectivity index (χ0n) is 12.0. The third-order valence-corrected chi connectivity index (χ3v) is 3.97. The Morgan fingerprint density at radius 2 is 2.32 bits per heavy atom. The molecule has 0 aliphatic carbocycles. The van der Waals surface area contributed by atoms with E-state index in [1.807, 2.05) is 18.2 Å². The SMILES string of the molecule is CC(=O)c1cccc(N(C)CCC2CCCNC2)c1. The number of hydrogen-bond donors (Lipinski definition) is 1. The van der Waals surface area contributed by atoms with Crippen LogP contribution in [0.25, 0.3) is 0 Å². The van der Waals surface area contributed by atoms with Crippen LogP contribution in [0.5, 0.6) is 0 Å². The van der Waals surface area contributed by atoms with Crippen molar-refractivity contribution >= 4 is 11.5 Å². The summed E-state index contributed by atoms with van der Waals surface area (Å²) in [7, 11) is 2.11. The molecule has 3 nitrogen and oxygen atoms in total. The number of rotatable bonds is 5. The lowest BCUT2D eigenvalue weighted by molar-refractivity contribution is 0.101. The second-order valence-electron chi connectivity index (χ2n) is 5.53. The number of benzene rings is 1. The minimum absolute atomic E-state index is 0.131. The predicted octanol–water partition coefficient (Wildman–Crippen LogP) is 2.72. The van der Waals surface area contributed by atoms with Crippen LogP contribution in [-0.2, 0) is 0 Å². The van der Waals surface area contributed by atoms with Crippen LogP contribution in [0, 0.1) is 5.92 Å². The highest BCUT2D eigenvalue weighted by atomic mass is 16.1. The molecule has 1 heterocycles. The summed E-state index contributed by atoms with van der Waals surface area (Å²) in [6, 6.07) is 7.91. The van der Waals surface area contributed by atoms with Crippen LogP contribution in [0.3, 0.4) is 0 Å². The van der Waals surface area contributed by atoms with Crippen molar-refractivity contribution in [2.45, 2.75) is 26.2 Å². The molecule has 2 rings (SSSR count). The summed E-state index contributed by atoms with van der Waals surface area (Å²) in [5.74, 6) is 0.930. The Morgan fingerprint density at radius 3 is 3.00 bits per heavy atom. The van der Waals surface area contributed by atoms with Crippen LogP contribution >= 0.6 is 0 Å². The highest BCUT2D eigenvalue weighted by molar-refractivity contribution is 5.94. The third kappa shape index (κ3) is 4.06. The Kier molecular flexibility index (Phi) is 4.97. The summed E-state index contributed by atoms with van der Waals surface area (Å²) in [4.78, 5) is 13.6. The van der Waals surface area contributed by atoms with E-state index in [0.29, 0.717) is 0 Å². The van der Waals surface area contributed by atoms with E-state index in [1.165, 1.54) is 25.8 Å². The van der Waals surface area contributed by atoms with Gasteiger partial charge in [-0.3, -0.25) is 4.79 Å². The van der Waals surface area contributed by atoms with Crippen LogP contribution in [0.4, 0.5) is 5.69 Å². The number of ketones is 1. The monoisotopic (exact) mass is 260 g/mol. The molecule has 1 aromatic carbocycles. The second-order valence-corrected chi connectivity index (χ2v) is 5.53. The number of carbonyl (C=O) groups excluding carboxylic acids is 1. The lowest BCUT2D eigenvalue weighted by Crippen LogP contribution is -2.32. The Morgan fingerprint density at radius 1 is 1.47 bits per heavy atom. The number of anilines is 1. The van der Waals surface area contributed by atoms with Gasteiger partial charge >= 0.3 is 0 Å². The van der Waals surface area contributed by atoms with Crippen molar-refractivity contribution in [3.63, 3.8) is 0 Å². The Hall–Kier alpha value is -1.35. The van der Waals surface area contributed by atoms with Crippen LogP contribution in [-0.4, -0.2) is 32.5 Å². The van der Waals surface area contributed by atoms with E-state index >= 15 is 0 Å². The second kappa shape index (κ2) is 6.71. The Balaban J connectivity index is 1.89. The predicted molar refractivity (Wildman–Crippen MR) is 79.9 cm³/mol. The maximum Gasteiger partial charge on any atom is 0.159 e. The Labute approximate surface area is 116 Å². The van der Waals surface area contributed by atoms with Crippen molar-refractivity contribution < 1.29 is 4.79 Å². The minimum atomic E-state index is 0.131. The van der Waals surface area contributed by atoms with Crippen LogP contribution in [0.1, 0.15) is 36.5 Å². The summed E-state index contributed by atoms with van der Waals surface area (Å²) >= 11 is 0. The van der Waals surface area contributed by atoms with E-state index in [2.05, 4.69) is 23.3 Å². The summed E-state index contributed by atoms with van der Waals surface area (Å²) in [6.07, 6.45) is 3.86. The highest BCUT2D eigenvalue weighted by Crippen LogP contribution is 2.19. The molecular weight excluding hydrogens is 236 g/mol. The normalized spacial score (nSPS) is 19.2. The quantitative estimate of drug-likeness (QED) is 0.826. The maximum absolute atomic E-state index is 11.4. The number of hydrogen-bond acceptors (Lipinski definition) is 3.